The Hall–Kier alpha value is -1.75. The van der Waals surface area contributed by atoms with Crippen LogP contribution in [0.3, 0.4) is 0 Å². The lowest BCUT2D eigenvalue weighted by molar-refractivity contribution is 0.0506. The van der Waals surface area contributed by atoms with E-state index in [2.05, 4.69) is 5.32 Å². The minimum absolute atomic E-state index is 0.174. The van der Waals surface area contributed by atoms with Crippen LogP contribution in [0.1, 0.15) is 31.9 Å². The smallest absolute Gasteiger partial charge is 0.407 e. The molecule has 0 bridgehead atoms. The molecule has 5 heteroatoms. The first-order valence-corrected chi connectivity index (χ1v) is 7.08. The highest BCUT2D eigenvalue weighted by Gasteiger charge is 2.19. The fraction of sp³-hybridized carbons (Fsp3) is 0.562. The van der Waals surface area contributed by atoms with Gasteiger partial charge < -0.3 is 20.5 Å². The van der Waals surface area contributed by atoms with Crippen LogP contribution in [-0.4, -0.2) is 31.4 Å². The molecule has 0 aliphatic rings. The van der Waals surface area contributed by atoms with Gasteiger partial charge in [-0.25, -0.2) is 4.79 Å². The van der Waals surface area contributed by atoms with Crippen LogP contribution in [0, 0.1) is 6.92 Å². The van der Waals surface area contributed by atoms with E-state index in [0.717, 1.165) is 16.9 Å². The summed E-state index contributed by atoms with van der Waals surface area (Å²) in [5, 5.41) is 2.80. The number of alkyl carbamates (subject to hydrolysis) is 1. The maximum absolute atomic E-state index is 11.8. The standard InChI is InChI=1S/C16H26N2O3/c1-11-6-7-12(9-14(11)20-5)8-13(10-17)18-15(19)21-16(2,3)4/h6-7,9,13H,8,10,17H2,1-5H3,(H,18,19). The van der Waals surface area contributed by atoms with Gasteiger partial charge >= 0.3 is 6.09 Å². The van der Waals surface area contributed by atoms with E-state index < -0.39 is 11.7 Å². The summed E-state index contributed by atoms with van der Waals surface area (Å²) < 4.78 is 10.5. The number of hydrogen-bond donors (Lipinski definition) is 2. The van der Waals surface area contributed by atoms with Crippen molar-refractivity contribution in [2.45, 2.75) is 45.8 Å². The van der Waals surface area contributed by atoms with Crippen molar-refractivity contribution in [2.75, 3.05) is 13.7 Å². The van der Waals surface area contributed by atoms with Crippen molar-refractivity contribution in [3.05, 3.63) is 29.3 Å². The quantitative estimate of drug-likeness (QED) is 0.874. The molecule has 3 N–H and O–H groups in total. The van der Waals surface area contributed by atoms with Crippen molar-refractivity contribution < 1.29 is 14.3 Å². The van der Waals surface area contributed by atoms with E-state index in [4.69, 9.17) is 15.2 Å². The molecular formula is C16H26N2O3. The number of carbonyl (C=O) groups excluding carboxylic acids is 1. The Bertz CT molecular complexity index is 481. The molecule has 21 heavy (non-hydrogen) atoms. The first kappa shape index (κ1) is 17.3. The molecule has 1 amide bonds. The van der Waals surface area contributed by atoms with Gasteiger partial charge in [-0.05, 0) is 51.3 Å². The number of hydrogen-bond acceptors (Lipinski definition) is 4. The highest BCUT2D eigenvalue weighted by Crippen LogP contribution is 2.19. The van der Waals surface area contributed by atoms with Gasteiger partial charge in [-0.1, -0.05) is 12.1 Å². The van der Waals surface area contributed by atoms with E-state index in [0.29, 0.717) is 13.0 Å². The normalized spacial score (nSPS) is 12.7. The maximum Gasteiger partial charge on any atom is 0.407 e. The van der Waals surface area contributed by atoms with Crippen LogP contribution in [0.5, 0.6) is 5.75 Å². The van der Waals surface area contributed by atoms with Crippen LogP contribution in [0.25, 0.3) is 0 Å². The number of methoxy groups -OCH3 is 1. The summed E-state index contributed by atoms with van der Waals surface area (Å²) in [4.78, 5) is 11.8. The first-order chi connectivity index (χ1) is 9.75. The van der Waals surface area contributed by atoms with Gasteiger partial charge in [0.1, 0.15) is 11.4 Å². The monoisotopic (exact) mass is 294 g/mol. The Morgan fingerprint density at radius 2 is 2.05 bits per heavy atom. The molecule has 0 spiro atoms. The van der Waals surface area contributed by atoms with Crippen LogP contribution < -0.4 is 15.8 Å². The fourth-order valence-corrected chi connectivity index (χ4v) is 1.94. The average molecular weight is 294 g/mol. The molecule has 1 aromatic carbocycles. The lowest BCUT2D eigenvalue weighted by Crippen LogP contribution is -2.44. The third kappa shape index (κ3) is 6.04. The van der Waals surface area contributed by atoms with E-state index in [1.165, 1.54) is 0 Å². The SMILES string of the molecule is COc1cc(CC(CN)NC(=O)OC(C)(C)C)ccc1C. The lowest BCUT2D eigenvalue weighted by Gasteiger charge is -2.23. The zero-order valence-electron chi connectivity index (χ0n) is 13.5. The van der Waals surface area contributed by atoms with Crippen molar-refractivity contribution in [3.63, 3.8) is 0 Å². The first-order valence-electron chi connectivity index (χ1n) is 7.08. The van der Waals surface area contributed by atoms with Gasteiger partial charge in [-0.15, -0.1) is 0 Å². The Balaban J connectivity index is 2.68. The summed E-state index contributed by atoms with van der Waals surface area (Å²) in [5.41, 5.74) is 7.35. The molecule has 0 aliphatic heterocycles. The molecule has 0 heterocycles. The summed E-state index contributed by atoms with van der Waals surface area (Å²) >= 11 is 0. The van der Waals surface area contributed by atoms with Crippen LogP contribution in [0.2, 0.25) is 0 Å². The number of carbonyl (C=O) groups is 1. The lowest BCUT2D eigenvalue weighted by atomic mass is 10.0. The van der Waals surface area contributed by atoms with Crippen LogP contribution in [0.4, 0.5) is 4.79 Å². The number of nitrogens with two attached hydrogens (primary N) is 1. The van der Waals surface area contributed by atoms with Gasteiger partial charge in [-0.3, -0.25) is 0 Å². The molecule has 118 valence electrons. The van der Waals surface area contributed by atoms with Crippen molar-refractivity contribution in [2.24, 2.45) is 5.73 Å². The third-order valence-corrected chi connectivity index (χ3v) is 2.96. The molecule has 0 aliphatic carbocycles. The molecule has 1 atom stereocenters. The summed E-state index contributed by atoms with van der Waals surface area (Å²) in [6.07, 6.45) is 0.184. The largest absolute Gasteiger partial charge is 0.496 e. The van der Waals surface area contributed by atoms with Gasteiger partial charge in [0, 0.05) is 12.6 Å². The summed E-state index contributed by atoms with van der Waals surface area (Å²) in [5.74, 6) is 0.834. The summed E-state index contributed by atoms with van der Waals surface area (Å²) in [7, 11) is 1.64. The molecule has 5 nitrogen and oxygen atoms in total. The van der Waals surface area contributed by atoms with Gasteiger partial charge in [0.25, 0.3) is 0 Å². The number of rotatable bonds is 5. The zero-order valence-corrected chi connectivity index (χ0v) is 13.5. The van der Waals surface area contributed by atoms with Gasteiger partial charge in [0.15, 0.2) is 0 Å². The van der Waals surface area contributed by atoms with Crippen molar-refractivity contribution in [3.8, 4) is 5.75 Å². The number of ether oxygens (including phenoxy) is 2. The second-order valence-electron chi connectivity index (χ2n) is 6.09. The van der Waals surface area contributed by atoms with Gasteiger partial charge in [0.2, 0.25) is 0 Å². The Labute approximate surface area is 126 Å². The Kier molecular flexibility index (Phi) is 6.03. The van der Waals surface area contributed by atoms with Crippen molar-refractivity contribution in [1.82, 2.24) is 5.32 Å². The average Bonchev–Trinajstić information content (AvgIpc) is 2.37. The predicted octanol–water partition coefficient (Wildman–Crippen LogP) is 2.40. The van der Waals surface area contributed by atoms with E-state index in [1.807, 2.05) is 45.9 Å². The number of benzene rings is 1. The van der Waals surface area contributed by atoms with E-state index in [1.54, 1.807) is 7.11 Å². The second kappa shape index (κ2) is 7.31. The molecule has 0 saturated carbocycles. The van der Waals surface area contributed by atoms with Crippen LogP contribution in [0.15, 0.2) is 18.2 Å². The van der Waals surface area contributed by atoms with E-state index in [-0.39, 0.29) is 6.04 Å². The predicted molar refractivity (Wildman–Crippen MR) is 83.6 cm³/mol. The minimum Gasteiger partial charge on any atom is -0.496 e. The highest BCUT2D eigenvalue weighted by atomic mass is 16.6. The fourth-order valence-electron chi connectivity index (χ4n) is 1.94. The maximum atomic E-state index is 11.8. The van der Waals surface area contributed by atoms with E-state index >= 15 is 0 Å². The minimum atomic E-state index is -0.518. The molecule has 0 fully saturated rings. The highest BCUT2D eigenvalue weighted by molar-refractivity contribution is 5.68. The van der Waals surface area contributed by atoms with Crippen LogP contribution in [-0.2, 0) is 11.2 Å². The Morgan fingerprint density at radius 3 is 2.57 bits per heavy atom. The van der Waals surface area contributed by atoms with Crippen LogP contribution >= 0.6 is 0 Å². The molecule has 0 saturated heterocycles. The van der Waals surface area contributed by atoms with E-state index in [9.17, 15) is 4.79 Å². The molecular weight excluding hydrogens is 268 g/mol. The molecule has 1 unspecified atom stereocenters. The topological polar surface area (TPSA) is 73.6 Å². The third-order valence-electron chi connectivity index (χ3n) is 2.96. The number of amides is 1. The van der Waals surface area contributed by atoms with Gasteiger partial charge in [-0.2, -0.15) is 0 Å². The zero-order chi connectivity index (χ0) is 16.0. The van der Waals surface area contributed by atoms with Crippen molar-refractivity contribution in [1.29, 1.82) is 0 Å². The molecule has 0 radical (unpaired) electrons. The number of nitrogens with one attached hydrogen (secondary N) is 1. The summed E-state index contributed by atoms with van der Waals surface area (Å²) in [6.45, 7) is 7.82. The summed E-state index contributed by atoms with van der Waals surface area (Å²) in [6, 6.07) is 5.80. The Morgan fingerprint density at radius 1 is 1.38 bits per heavy atom. The number of aryl methyl sites for hydroxylation is 1. The molecule has 1 rings (SSSR count). The molecule has 0 aromatic heterocycles. The van der Waals surface area contributed by atoms with Gasteiger partial charge in [0.05, 0.1) is 7.11 Å². The second-order valence-corrected chi connectivity index (χ2v) is 6.09. The molecule has 1 aromatic rings. The van der Waals surface area contributed by atoms with Crippen molar-refractivity contribution >= 4 is 6.09 Å².